The zero-order valence-electron chi connectivity index (χ0n) is 9.41. The zero-order valence-corrected chi connectivity index (χ0v) is 11.0. The Morgan fingerprint density at radius 2 is 2.18 bits per heavy atom. The average Bonchev–Trinajstić information content (AvgIpc) is 2.80. The van der Waals surface area contributed by atoms with Crippen molar-refractivity contribution in [1.29, 1.82) is 0 Å². The minimum Gasteiger partial charge on any atom is -0.467 e. The fourth-order valence-corrected chi connectivity index (χ4v) is 2.36. The highest BCUT2D eigenvalue weighted by molar-refractivity contribution is 9.10. The Bertz CT molecular complexity index is 464. The Labute approximate surface area is 108 Å². The fourth-order valence-electron chi connectivity index (χ4n) is 1.79. The molecule has 0 aliphatic heterocycles. The van der Waals surface area contributed by atoms with Crippen LogP contribution in [0.15, 0.2) is 45.5 Å². The van der Waals surface area contributed by atoms with E-state index in [9.17, 15) is 4.39 Å². The van der Waals surface area contributed by atoms with Crippen LogP contribution in [0.5, 0.6) is 0 Å². The van der Waals surface area contributed by atoms with Crippen molar-refractivity contribution in [2.24, 2.45) is 0 Å². The number of benzene rings is 1. The van der Waals surface area contributed by atoms with Crippen molar-refractivity contribution in [2.75, 3.05) is 6.54 Å². The van der Waals surface area contributed by atoms with Crippen LogP contribution >= 0.6 is 15.9 Å². The highest BCUT2D eigenvalue weighted by Gasteiger charge is 2.21. The van der Waals surface area contributed by atoms with Crippen molar-refractivity contribution in [2.45, 2.75) is 13.0 Å². The second-order valence-electron chi connectivity index (χ2n) is 3.64. The lowest BCUT2D eigenvalue weighted by Crippen LogP contribution is -2.23. The van der Waals surface area contributed by atoms with Gasteiger partial charge in [-0.2, -0.15) is 0 Å². The van der Waals surface area contributed by atoms with Gasteiger partial charge in [-0.3, -0.25) is 0 Å². The molecule has 0 bridgehead atoms. The Balaban J connectivity index is 2.46. The predicted molar refractivity (Wildman–Crippen MR) is 68.3 cm³/mol. The minimum atomic E-state index is -0.273. The summed E-state index contributed by atoms with van der Waals surface area (Å²) in [6.07, 6.45) is 1.59. The van der Waals surface area contributed by atoms with Crippen LogP contribution in [0.25, 0.3) is 0 Å². The third-order valence-corrected chi connectivity index (χ3v) is 3.22. The van der Waals surface area contributed by atoms with Crippen LogP contribution in [0.1, 0.15) is 24.3 Å². The van der Waals surface area contributed by atoms with Gasteiger partial charge in [0.2, 0.25) is 0 Å². The molecule has 0 aliphatic rings. The van der Waals surface area contributed by atoms with Crippen LogP contribution in [-0.2, 0) is 0 Å². The van der Waals surface area contributed by atoms with Gasteiger partial charge in [0.1, 0.15) is 11.6 Å². The predicted octanol–water partition coefficient (Wildman–Crippen LogP) is 3.88. The Hall–Kier alpha value is -1.13. The molecule has 2 nitrogen and oxygen atoms in total. The minimum absolute atomic E-state index is 0.248. The normalized spacial score (nSPS) is 12.6. The molecule has 1 atom stereocenters. The first-order valence-corrected chi connectivity index (χ1v) is 6.24. The smallest absolute Gasteiger partial charge is 0.129 e. The summed E-state index contributed by atoms with van der Waals surface area (Å²) in [7, 11) is 0. The third-order valence-electron chi connectivity index (χ3n) is 2.52. The van der Waals surface area contributed by atoms with E-state index in [0.717, 1.165) is 11.0 Å². The first-order valence-electron chi connectivity index (χ1n) is 5.44. The molecule has 0 saturated carbocycles. The molecule has 0 radical (unpaired) electrons. The van der Waals surface area contributed by atoms with Crippen LogP contribution in [0.3, 0.4) is 0 Å². The zero-order chi connectivity index (χ0) is 12.3. The summed E-state index contributed by atoms with van der Waals surface area (Å²) in [5.74, 6) is 0.458. The molecule has 0 aliphatic carbocycles. The molecule has 17 heavy (non-hydrogen) atoms. The first kappa shape index (κ1) is 12.3. The van der Waals surface area contributed by atoms with E-state index in [0.29, 0.717) is 11.3 Å². The molecule has 2 rings (SSSR count). The van der Waals surface area contributed by atoms with Gasteiger partial charge >= 0.3 is 0 Å². The van der Waals surface area contributed by atoms with Gasteiger partial charge in [-0.05, 0) is 30.8 Å². The van der Waals surface area contributed by atoms with Crippen LogP contribution < -0.4 is 5.32 Å². The van der Waals surface area contributed by atoms with Gasteiger partial charge in [-0.1, -0.05) is 28.9 Å². The van der Waals surface area contributed by atoms with Gasteiger partial charge in [-0.25, -0.2) is 4.39 Å². The standard InChI is InChI=1S/C13H13BrFNO/c1-2-16-13(11-7-4-8-17-11)12-9(14)5-3-6-10(12)15/h3-8,13,16H,2H2,1H3. The Morgan fingerprint density at radius 1 is 1.35 bits per heavy atom. The van der Waals surface area contributed by atoms with Crippen LogP contribution in [0, 0.1) is 5.82 Å². The first-order chi connectivity index (χ1) is 8.24. The van der Waals surface area contributed by atoms with Gasteiger partial charge in [0.25, 0.3) is 0 Å². The number of hydrogen-bond acceptors (Lipinski definition) is 2. The summed E-state index contributed by atoms with van der Waals surface area (Å²) < 4.78 is 20.0. The highest BCUT2D eigenvalue weighted by atomic mass is 79.9. The van der Waals surface area contributed by atoms with Crippen molar-refractivity contribution in [3.63, 3.8) is 0 Å². The second kappa shape index (κ2) is 5.47. The number of rotatable bonds is 4. The molecule has 0 amide bonds. The molecule has 1 N–H and O–H groups in total. The van der Waals surface area contributed by atoms with E-state index >= 15 is 0 Å². The van der Waals surface area contributed by atoms with Crippen LogP contribution in [0.2, 0.25) is 0 Å². The molecule has 2 aromatic rings. The van der Waals surface area contributed by atoms with Crippen molar-refractivity contribution < 1.29 is 8.81 Å². The van der Waals surface area contributed by atoms with Gasteiger partial charge in [0.15, 0.2) is 0 Å². The van der Waals surface area contributed by atoms with Crippen LogP contribution in [0.4, 0.5) is 4.39 Å². The molecule has 1 aromatic heterocycles. The number of furan rings is 1. The molecular formula is C13H13BrFNO. The lowest BCUT2D eigenvalue weighted by molar-refractivity contribution is 0.440. The lowest BCUT2D eigenvalue weighted by Gasteiger charge is -2.18. The molecule has 90 valence electrons. The molecule has 1 heterocycles. The van der Waals surface area contributed by atoms with E-state index in [2.05, 4.69) is 21.2 Å². The van der Waals surface area contributed by atoms with Gasteiger partial charge in [0.05, 0.1) is 12.3 Å². The second-order valence-corrected chi connectivity index (χ2v) is 4.50. The van der Waals surface area contributed by atoms with Crippen molar-refractivity contribution >= 4 is 15.9 Å². The summed E-state index contributed by atoms with van der Waals surface area (Å²) in [4.78, 5) is 0. The highest BCUT2D eigenvalue weighted by Crippen LogP contribution is 2.30. The van der Waals surface area contributed by atoms with Gasteiger partial charge in [-0.15, -0.1) is 0 Å². The van der Waals surface area contributed by atoms with E-state index in [1.807, 2.05) is 19.1 Å². The summed E-state index contributed by atoms with van der Waals surface area (Å²) >= 11 is 3.38. The summed E-state index contributed by atoms with van der Waals surface area (Å²) in [5.41, 5.74) is 0.573. The molecule has 0 spiro atoms. The number of nitrogens with one attached hydrogen (secondary N) is 1. The quantitative estimate of drug-likeness (QED) is 0.926. The van der Waals surface area contributed by atoms with E-state index in [1.54, 1.807) is 18.4 Å². The third kappa shape index (κ3) is 2.58. The van der Waals surface area contributed by atoms with Gasteiger partial charge in [0, 0.05) is 10.0 Å². The fraction of sp³-hybridized carbons (Fsp3) is 0.231. The number of hydrogen-bond donors (Lipinski definition) is 1. The summed E-state index contributed by atoms with van der Waals surface area (Å²) in [5, 5.41) is 3.22. The van der Waals surface area contributed by atoms with E-state index in [-0.39, 0.29) is 11.9 Å². The van der Waals surface area contributed by atoms with E-state index in [4.69, 9.17) is 4.42 Å². The average molecular weight is 298 g/mol. The maximum absolute atomic E-state index is 13.9. The molecule has 4 heteroatoms. The topological polar surface area (TPSA) is 25.2 Å². The summed E-state index contributed by atoms with van der Waals surface area (Å²) in [6.45, 7) is 2.71. The molecule has 1 aromatic carbocycles. The van der Waals surface area contributed by atoms with Crippen molar-refractivity contribution in [3.8, 4) is 0 Å². The van der Waals surface area contributed by atoms with Gasteiger partial charge < -0.3 is 9.73 Å². The van der Waals surface area contributed by atoms with Crippen molar-refractivity contribution in [3.05, 3.63) is 58.2 Å². The van der Waals surface area contributed by atoms with E-state index < -0.39 is 0 Å². The molecule has 0 fully saturated rings. The summed E-state index contributed by atoms with van der Waals surface area (Å²) in [6, 6.07) is 8.32. The van der Waals surface area contributed by atoms with E-state index in [1.165, 1.54) is 6.07 Å². The number of halogens is 2. The Kier molecular flexibility index (Phi) is 3.97. The lowest BCUT2D eigenvalue weighted by atomic mass is 10.0. The van der Waals surface area contributed by atoms with Crippen molar-refractivity contribution in [1.82, 2.24) is 5.32 Å². The molecule has 1 unspecified atom stereocenters. The SMILES string of the molecule is CCNC(c1ccco1)c1c(F)cccc1Br. The molecule has 0 saturated heterocycles. The molecular weight excluding hydrogens is 285 g/mol. The monoisotopic (exact) mass is 297 g/mol. The largest absolute Gasteiger partial charge is 0.467 e. The maximum atomic E-state index is 13.9. The maximum Gasteiger partial charge on any atom is 0.129 e. The van der Waals surface area contributed by atoms with Crippen LogP contribution in [-0.4, -0.2) is 6.54 Å². The Morgan fingerprint density at radius 3 is 2.76 bits per heavy atom.